The number of rotatable bonds is 6. The van der Waals surface area contributed by atoms with Crippen molar-refractivity contribution in [3.63, 3.8) is 0 Å². The van der Waals surface area contributed by atoms with Crippen molar-refractivity contribution < 1.29 is 19.2 Å². The minimum Gasteiger partial charge on any atom is -0.384 e. The van der Waals surface area contributed by atoms with Gasteiger partial charge in [0, 0.05) is 19.8 Å². The van der Waals surface area contributed by atoms with Crippen LogP contribution in [-0.4, -0.2) is 76.1 Å². The zero-order chi connectivity index (χ0) is 26.9. The Kier molecular flexibility index (Phi) is 7.23. The molecule has 1 aromatic carbocycles. The highest BCUT2D eigenvalue weighted by atomic mass is 16.2. The number of nitrogen functional groups attached to an aromatic ring is 1. The summed E-state index contributed by atoms with van der Waals surface area (Å²) in [6.45, 7) is 3.77. The van der Waals surface area contributed by atoms with Crippen LogP contribution in [0.25, 0.3) is 0 Å². The van der Waals surface area contributed by atoms with E-state index in [0.717, 1.165) is 16.0 Å². The molecule has 2 aliphatic rings. The van der Waals surface area contributed by atoms with Crippen LogP contribution in [0, 0.1) is 12.8 Å². The number of guanidine groups is 1. The predicted molar refractivity (Wildman–Crippen MR) is 137 cm³/mol. The number of carbonyl (C=O) groups excluding carboxylic acids is 4. The maximum Gasteiger partial charge on any atom is 0.325 e. The molecule has 3 atom stereocenters. The number of aryl methyl sites for hydroxylation is 1. The Morgan fingerprint density at radius 3 is 2.51 bits per heavy atom. The third-order valence-corrected chi connectivity index (χ3v) is 6.65. The summed E-state index contributed by atoms with van der Waals surface area (Å²) in [6, 6.07) is 10.8. The van der Waals surface area contributed by atoms with Gasteiger partial charge in [0.05, 0.1) is 12.0 Å². The number of likely N-dealkylation sites (N-methyl/N-ethyl adjacent to an activating group) is 2. The van der Waals surface area contributed by atoms with E-state index in [4.69, 9.17) is 5.73 Å². The van der Waals surface area contributed by atoms with E-state index in [1.165, 1.54) is 11.9 Å². The molecule has 5 amide bonds. The van der Waals surface area contributed by atoms with Crippen LogP contribution in [-0.2, 0) is 20.8 Å². The number of anilines is 1. The Labute approximate surface area is 215 Å². The standard InChI is InChI=1S/C26H31N7O4/c1-5-19(17-9-7-6-8-10-17)29-26(37)33-22(24(36)32(4)25-30-21(34)14-31(25)3)18(23(33)35)12-16-11-15(2)28-20(27)13-16/h6-11,13,18-19,22H,5,12,14H2,1-4H3,(H2,27,28)(H,29,37)/t18-,19-,22+/m1/s1. The van der Waals surface area contributed by atoms with Gasteiger partial charge in [0.1, 0.15) is 18.4 Å². The first-order valence-electron chi connectivity index (χ1n) is 12.1. The van der Waals surface area contributed by atoms with Gasteiger partial charge in [0.25, 0.3) is 11.8 Å². The number of nitrogens with two attached hydrogens (primary N) is 1. The lowest BCUT2D eigenvalue weighted by Crippen LogP contribution is -2.71. The molecule has 0 saturated carbocycles. The first-order chi connectivity index (χ1) is 17.6. The summed E-state index contributed by atoms with van der Waals surface area (Å²) < 4.78 is 0. The maximum atomic E-state index is 13.7. The van der Waals surface area contributed by atoms with Gasteiger partial charge >= 0.3 is 6.03 Å². The van der Waals surface area contributed by atoms with E-state index in [0.29, 0.717) is 17.9 Å². The summed E-state index contributed by atoms with van der Waals surface area (Å²) >= 11 is 0. The van der Waals surface area contributed by atoms with E-state index >= 15 is 0 Å². The van der Waals surface area contributed by atoms with Crippen LogP contribution < -0.4 is 11.1 Å². The Morgan fingerprint density at radius 2 is 1.92 bits per heavy atom. The molecule has 0 aliphatic carbocycles. The Balaban J connectivity index is 1.61. The number of nitrogens with one attached hydrogen (secondary N) is 1. The van der Waals surface area contributed by atoms with Crippen molar-refractivity contribution >= 4 is 35.5 Å². The second kappa shape index (κ2) is 10.4. The number of amides is 5. The molecule has 1 saturated heterocycles. The number of nitrogens with zero attached hydrogens (tertiary/aromatic N) is 5. The Bertz CT molecular complexity index is 1240. The number of carbonyl (C=O) groups is 4. The molecule has 3 heterocycles. The molecule has 4 rings (SSSR count). The van der Waals surface area contributed by atoms with Crippen LogP contribution in [0.5, 0.6) is 0 Å². The number of aliphatic imine (C=N–C) groups is 1. The van der Waals surface area contributed by atoms with Crippen LogP contribution in [0.2, 0.25) is 0 Å². The van der Waals surface area contributed by atoms with E-state index in [9.17, 15) is 19.2 Å². The molecule has 11 heteroatoms. The van der Waals surface area contributed by atoms with E-state index in [1.54, 1.807) is 31.0 Å². The van der Waals surface area contributed by atoms with Gasteiger partial charge in [0.2, 0.25) is 11.9 Å². The van der Waals surface area contributed by atoms with Crippen LogP contribution >= 0.6 is 0 Å². The molecule has 0 unspecified atom stereocenters. The van der Waals surface area contributed by atoms with Gasteiger partial charge in [0.15, 0.2) is 0 Å². The number of pyridine rings is 1. The van der Waals surface area contributed by atoms with Crippen molar-refractivity contribution in [3.8, 4) is 0 Å². The topological polar surface area (TPSA) is 141 Å². The number of benzene rings is 1. The summed E-state index contributed by atoms with van der Waals surface area (Å²) in [5, 5.41) is 2.90. The second-order valence-electron chi connectivity index (χ2n) is 9.39. The fourth-order valence-electron chi connectivity index (χ4n) is 4.86. The zero-order valence-corrected chi connectivity index (χ0v) is 21.3. The molecule has 0 radical (unpaired) electrons. The number of imide groups is 1. The first-order valence-corrected chi connectivity index (χ1v) is 12.1. The summed E-state index contributed by atoms with van der Waals surface area (Å²) in [5.74, 6) is -1.64. The summed E-state index contributed by atoms with van der Waals surface area (Å²) in [5.41, 5.74) is 8.21. The van der Waals surface area contributed by atoms with Crippen molar-refractivity contribution in [2.24, 2.45) is 10.9 Å². The molecule has 11 nitrogen and oxygen atoms in total. The largest absolute Gasteiger partial charge is 0.384 e. The average molecular weight is 506 g/mol. The highest BCUT2D eigenvalue weighted by Gasteiger charge is 2.56. The predicted octanol–water partition coefficient (Wildman–Crippen LogP) is 1.49. The average Bonchev–Trinajstić information content (AvgIpc) is 3.20. The molecule has 1 fully saturated rings. The van der Waals surface area contributed by atoms with Crippen molar-refractivity contribution in [3.05, 3.63) is 59.3 Å². The fourth-order valence-corrected chi connectivity index (χ4v) is 4.86. The smallest absolute Gasteiger partial charge is 0.325 e. The molecule has 194 valence electrons. The highest BCUT2D eigenvalue weighted by Crippen LogP contribution is 2.33. The lowest BCUT2D eigenvalue weighted by atomic mass is 9.81. The number of likely N-dealkylation sites (tertiary alicyclic amines) is 1. The SMILES string of the molecule is CC[C@@H](NC(=O)N1C(=O)[C@H](Cc2cc(C)nc(N)c2)[C@H]1C(=O)N(C)C1=NC(=O)CN1C)c1ccccc1. The van der Waals surface area contributed by atoms with E-state index in [1.807, 2.05) is 37.3 Å². The Hall–Kier alpha value is -4.28. The van der Waals surface area contributed by atoms with Crippen LogP contribution in [0.1, 0.15) is 36.2 Å². The lowest BCUT2D eigenvalue weighted by Gasteiger charge is -2.46. The molecule has 2 aromatic rings. The van der Waals surface area contributed by atoms with Crippen LogP contribution in [0.4, 0.5) is 10.6 Å². The van der Waals surface area contributed by atoms with Gasteiger partial charge in [-0.05, 0) is 43.0 Å². The minimum atomic E-state index is -1.08. The maximum absolute atomic E-state index is 13.7. The van der Waals surface area contributed by atoms with Gasteiger partial charge in [-0.25, -0.2) is 9.78 Å². The van der Waals surface area contributed by atoms with Gasteiger partial charge in [-0.2, -0.15) is 4.99 Å². The lowest BCUT2D eigenvalue weighted by molar-refractivity contribution is -0.160. The summed E-state index contributed by atoms with van der Waals surface area (Å²) in [6.07, 6.45) is 0.802. The molecule has 0 bridgehead atoms. The molecular formula is C26H31N7O4. The quantitative estimate of drug-likeness (QED) is 0.567. The minimum absolute atomic E-state index is 0.0506. The zero-order valence-electron chi connectivity index (χ0n) is 21.3. The summed E-state index contributed by atoms with van der Waals surface area (Å²) in [4.78, 5) is 64.0. The van der Waals surface area contributed by atoms with Gasteiger partial charge in [-0.3, -0.25) is 24.2 Å². The number of urea groups is 1. The fraction of sp³-hybridized carbons (Fsp3) is 0.385. The number of aromatic nitrogens is 1. The van der Waals surface area contributed by atoms with Gasteiger partial charge in [-0.15, -0.1) is 0 Å². The van der Waals surface area contributed by atoms with E-state index in [2.05, 4.69) is 15.3 Å². The van der Waals surface area contributed by atoms with Gasteiger partial charge in [-0.1, -0.05) is 37.3 Å². The monoisotopic (exact) mass is 505 g/mol. The first kappa shape index (κ1) is 25.8. The third kappa shape index (κ3) is 5.16. The number of β-lactam (4-membered cyclic amide) rings is 1. The highest BCUT2D eigenvalue weighted by molar-refractivity contribution is 6.14. The van der Waals surface area contributed by atoms with E-state index in [-0.39, 0.29) is 30.9 Å². The summed E-state index contributed by atoms with van der Waals surface area (Å²) in [7, 11) is 3.13. The van der Waals surface area contributed by atoms with Gasteiger partial charge < -0.3 is 16.0 Å². The number of hydrogen-bond acceptors (Lipinski definition) is 7. The normalized spacial score (nSPS) is 19.8. The second-order valence-corrected chi connectivity index (χ2v) is 9.39. The Morgan fingerprint density at radius 1 is 1.22 bits per heavy atom. The van der Waals surface area contributed by atoms with Crippen molar-refractivity contribution in [2.45, 2.75) is 38.8 Å². The third-order valence-electron chi connectivity index (χ3n) is 6.65. The molecule has 37 heavy (non-hydrogen) atoms. The van der Waals surface area contributed by atoms with Crippen molar-refractivity contribution in [1.82, 2.24) is 25.0 Å². The molecule has 2 aliphatic heterocycles. The number of hydrogen-bond donors (Lipinski definition) is 2. The molecular weight excluding hydrogens is 474 g/mol. The van der Waals surface area contributed by atoms with Crippen LogP contribution in [0.15, 0.2) is 47.5 Å². The van der Waals surface area contributed by atoms with Crippen LogP contribution in [0.3, 0.4) is 0 Å². The van der Waals surface area contributed by atoms with Crippen molar-refractivity contribution in [2.75, 3.05) is 26.4 Å². The molecule has 1 aromatic heterocycles. The molecule has 0 spiro atoms. The van der Waals surface area contributed by atoms with Crippen molar-refractivity contribution in [1.29, 1.82) is 0 Å². The van der Waals surface area contributed by atoms with E-state index < -0.39 is 29.8 Å². The molecule has 3 N–H and O–H groups in total.